The molecule has 0 radical (unpaired) electrons. The van der Waals surface area contributed by atoms with Crippen molar-refractivity contribution in [3.63, 3.8) is 0 Å². The topological polar surface area (TPSA) is 52.0 Å². The van der Waals surface area contributed by atoms with E-state index in [-0.39, 0.29) is 0 Å². The molecule has 4 heteroatoms. The van der Waals surface area contributed by atoms with Crippen molar-refractivity contribution in [1.82, 2.24) is 0 Å². The highest BCUT2D eigenvalue weighted by atomic mass is 35.5. The molecule has 0 saturated carbocycles. The Bertz CT molecular complexity index is 600. The van der Waals surface area contributed by atoms with Crippen LogP contribution in [0.2, 0.25) is 10.0 Å². The van der Waals surface area contributed by atoms with E-state index in [0.29, 0.717) is 15.7 Å². The molecule has 0 aliphatic heterocycles. The Balaban J connectivity index is 0.000000272. The lowest BCUT2D eigenvalue weighted by molar-refractivity contribution is 0.607. The summed E-state index contributed by atoms with van der Waals surface area (Å²) in [6, 6.07) is 13.2. The van der Waals surface area contributed by atoms with Crippen molar-refractivity contribution < 1.29 is 0 Å². The molecular weight excluding hydrogens is 339 g/mol. The van der Waals surface area contributed by atoms with Crippen LogP contribution in [0.5, 0.6) is 0 Å². The van der Waals surface area contributed by atoms with E-state index in [9.17, 15) is 0 Å². The Morgan fingerprint density at radius 3 is 2.17 bits per heavy atom. The van der Waals surface area contributed by atoms with Crippen molar-refractivity contribution in [2.45, 2.75) is 51.9 Å². The molecule has 0 spiro atoms. The van der Waals surface area contributed by atoms with Crippen LogP contribution in [0, 0.1) is 0 Å². The van der Waals surface area contributed by atoms with Gasteiger partial charge in [-0.05, 0) is 48.7 Å². The molecule has 2 aromatic carbocycles. The van der Waals surface area contributed by atoms with Gasteiger partial charge in [0, 0.05) is 10.7 Å². The van der Waals surface area contributed by atoms with E-state index >= 15 is 0 Å². The molecule has 2 rings (SSSR count). The first-order valence-electron chi connectivity index (χ1n) is 8.58. The summed E-state index contributed by atoms with van der Waals surface area (Å²) in [5.41, 5.74) is 13.9. The molecule has 0 fully saturated rings. The number of rotatable bonds is 7. The van der Waals surface area contributed by atoms with Crippen LogP contribution in [-0.4, -0.2) is 0 Å². The molecular formula is C20H28Cl2N2. The van der Waals surface area contributed by atoms with Crippen LogP contribution in [0.15, 0.2) is 42.5 Å². The third-order valence-corrected chi connectivity index (χ3v) is 4.31. The monoisotopic (exact) mass is 366 g/mol. The van der Waals surface area contributed by atoms with Crippen molar-refractivity contribution in [3.05, 3.63) is 58.1 Å². The molecule has 0 heterocycles. The van der Waals surface area contributed by atoms with Gasteiger partial charge in [0.2, 0.25) is 0 Å². The first-order valence-corrected chi connectivity index (χ1v) is 9.33. The Morgan fingerprint density at radius 1 is 0.833 bits per heavy atom. The number of hydrogen-bond donors (Lipinski definition) is 2. The lowest BCUT2D eigenvalue weighted by atomic mass is 10.0. The highest BCUT2D eigenvalue weighted by molar-refractivity contribution is 6.35. The number of nitrogen functional groups attached to an aromatic ring is 2. The summed E-state index contributed by atoms with van der Waals surface area (Å²) >= 11 is 11.2. The quantitative estimate of drug-likeness (QED) is 0.420. The number of aryl methyl sites for hydroxylation is 1. The van der Waals surface area contributed by atoms with Crippen molar-refractivity contribution in [2.24, 2.45) is 0 Å². The van der Waals surface area contributed by atoms with Crippen molar-refractivity contribution in [2.75, 3.05) is 11.5 Å². The molecule has 132 valence electrons. The van der Waals surface area contributed by atoms with Gasteiger partial charge in [0.15, 0.2) is 0 Å². The first-order chi connectivity index (χ1) is 11.5. The number of benzene rings is 2. The molecule has 0 bridgehead atoms. The van der Waals surface area contributed by atoms with Gasteiger partial charge < -0.3 is 11.5 Å². The number of anilines is 2. The summed E-state index contributed by atoms with van der Waals surface area (Å²) < 4.78 is 0. The molecule has 0 aliphatic rings. The molecule has 24 heavy (non-hydrogen) atoms. The van der Waals surface area contributed by atoms with Crippen LogP contribution >= 0.6 is 23.2 Å². The maximum absolute atomic E-state index is 5.73. The molecule has 0 aliphatic carbocycles. The smallest absolute Gasteiger partial charge is 0.0636 e. The van der Waals surface area contributed by atoms with E-state index in [4.69, 9.17) is 34.7 Å². The summed E-state index contributed by atoms with van der Waals surface area (Å²) in [6.45, 7) is 2.26. The van der Waals surface area contributed by atoms with Gasteiger partial charge in [-0.3, -0.25) is 0 Å². The SMILES string of the molecule is CCCCCCCCc1cccc(N)c1.Nc1cc(Cl)ccc1Cl. The molecule has 0 atom stereocenters. The third-order valence-electron chi connectivity index (χ3n) is 3.73. The number of hydrogen-bond acceptors (Lipinski definition) is 2. The highest BCUT2D eigenvalue weighted by Crippen LogP contribution is 2.21. The fourth-order valence-electron chi connectivity index (χ4n) is 2.37. The average Bonchev–Trinajstić information content (AvgIpc) is 2.55. The Morgan fingerprint density at radius 2 is 1.54 bits per heavy atom. The maximum Gasteiger partial charge on any atom is 0.0636 e. The lowest BCUT2D eigenvalue weighted by Gasteiger charge is -2.02. The van der Waals surface area contributed by atoms with Gasteiger partial charge >= 0.3 is 0 Å². The molecule has 0 aromatic heterocycles. The minimum absolute atomic E-state index is 0.518. The molecule has 0 amide bonds. The van der Waals surface area contributed by atoms with E-state index < -0.39 is 0 Å². The van der Waals surface area contributed by atoms with Crippen LogP contribution in [0.25, 0.3) is 0 Å². The van der Waals surface area contributed by atoms with Crippen LogP contribution in [0.4, 0.5) is 11.4 Å². The molecule has 2 nitrogen and oxygen atoms in total. The van der Waals surface area contributed by atoms with E-state index in [1.165, 1.54) is 50.5 Å². The van der Waals surface area contributed by atoms with E-state index in [2.05, 4.69) is 19.1 Å². The summed E-state index contributed by atoms with van der Waals surface area (Å²) in [6.07, 6.45) is 9.33. The van der Waals surface area contributed by atoms with E-state index in [1.807, 2.05) is 12.1 Å². The van der Waals surface area contributed by atoms with Gasteiger partial charge in [0.05, 0.1) is 10.7 Å². The van der Waals surface area contributed by atoms with Gasteiger partial charge in [0.25, 0.3) is 0 Å². The van der Waals surface area contributed by atoms with Crippen LogP contribution in [0.3, 0.4) is 0 Å². The number of halogens is 2. The van der Waals surface area contributed by atoms with Gasteiger partial charge in [-0.25, -0.2) is 0 Å². The Labute approximate surface area is 156 Å². The van der Waals surface area contributed by atoms with E-state index in [1.54, 1.807) is 18.2 Å². The fourth-order valence-corrected chi connectivity index (χ4v) is 2.67. The van der Waals surface area contributed by atoms with Gasteiger partial charge in [-0.2, -0.15) is 0 Å². The zero-order valence-corrected chi connectivity index (χ0v) is 15.9. The van der Waals surface area contributed by atoms with E-state index in [0.717, 1.165) is 5.69 Å². The van der Waals surface area contributed by atoms with Crippen LogP contribution in [-0.2, 0) is 6.42 Å². The summed E-state index contributed by atoms with van der Waals surface area (Å²) in [7, 11) is 0. The van der Waals surface area contributed by atoms with Gasteiger partial charge in [0.1, 0.15) is 0 Å². The minimum atomic E-state index is 0.518. The highest BCUT2D eigenvalue weighted by Gasteiger charge is 1.95. The second-order valence-corrected chi connectivity index (χ2v) is 6.77. The Kier molecular flexibility index (Phi) is 10.4. The van der Waals surface area contributed by atoms with Crippen molar-refractivity contribution in [1.29, 1.82) is 0 Å². The summed E-state index contributed by atoms with van der Waals surface area (Å²) in [4.78, 5) is 0. The number of nitrogens with two attached hydrogens (primary N) is 2. The van der Waals surface area contributed by atoms with Crippen LogP contribution < -0.4 is 11.5 Å². The second-order valence-electron chi connectivity index (χ2n) is 5.93. The fraction of sp³-hybridized carbons (Fsp3) is 0.400. The standard InChI is InChI=1S/C14H23N.C6H5Cl2N/c1-2-3-4-5-6-7-9-13-10-8-11-14(15)12-13;7-4-1-2-5(8)6(9)3-4/h8,10-12H,2-7,9,15H2,1H3;1-3H,9H2. The molecule has 0 saturated heterocycles. The largest absolute Gasteiger partial charge is 0.399 e. The van der Waals surface area contributed by atoms with Gasteiger partial charge in [-0.15, -0.1) is 0 Å². The predicted molar refractivity (Wildman–Crippen MR) is 109 cm³/mol. The zero-order chi connectivity index (χ0) is 17.8. The third kappa shape index (κ3) is 9.05. The average molecular weight is 367 g/mol. The lowest BCUT2D eigenvalue weighted by Crippen LogP contribution is -1.89. The van der Waals surface area contributed by atoms with Crippen LogP contribution in [0.1, 0.15) is 51.0 Å². The van der Waals surface area contributed by atoms with Crippen molar-refractivity contribution in [3.8, 4) is 0 Å². The molecule has 0 unspecified atom stereocenters. The summed E-state index contributed by atoms with van der Waals surface area (Å²) in [5.74, 6) is 0. The zero-order valence-electron chi connectivity index (χ0n) is 14.4. The van der Waals surface area contributed by atoms with Gasteiger partial charge in [-0.1, -0.05) is 74.4 Å². The predicted octanol–water partition coefficient (Wildman–Crippen LogP) is 6.75. The van der Waals surface area contributed by atoms with Crippen molar-refractivity contribution >= 4 is 34.6 Å². The minimum Gasteiger partial charge on any atom is -0.399 e. The summed E-state index contributed by atoms with van der Waals surface area (Å²) in [5, 5.41) is 1.15. The molecule has 4 N–H and O–H groups in total. The Hall–Kier alpha value is -1.38. The molecule has 2 aromatic rings. The normalized spacial score (nSPS) is 10.1. The second kappa shape index (κ2) is 12.0. The first kappa shape index (κ1) is 20.7. The maximum atomic E-state index is 5.73. The number of unbranched alkanes of at least 4 members (excludes halogenated alkanes) is 5.